The number of anilines is 1. The van der Waals surface area contributed by atoms with E-state index in [9.17, 15) is 4.79 Å². The van der Waals surface area contributed by atoms with Crippen molar-refractivity contribution in [3.05, 3.63) is 40.7 Å². The van der Waals surface area contributed by atoms with Gasteiger partial charge in [-0.3, -0.25) is 9.36 Å². The molecule has 3 nitrogen and oxygen atoms in total. The highest BCUT2D eigenvalue weighted by molar-refractivity contribution is 5.83. The first-order valence-electron chi connectivity index (χ1n) is 7.03. The highest BCUT2D eigenvalue weighted by Gasteiger charge is 2.22. The highest BCUT2D eigenvalue weighted by atomic mass is 16.1. The fourth-order valence-corrected chi connectivity index (χ4v) is 3.25. The topological polar surface area (TPSA) is 48.0 Å². The van der Waals surface area contributed by atoms with Crippen LogP contribution < -0.4 is 11.3 Å². The zero-order valence-electron chi connectivity index (χ0n) is 11.3. The molecular formula is C16H20N2O. The molecule has 2 atom stereocenters. The second-order valence-electron chi connectivity index (χ2n) is 5.86. The van der Waals surface area contributed by atoms with E-state index >= 15 is 0 Å². The minimum atomic E-state index is 0.0511. The summed E-state index contributed by atoms with van der Waals surface area (Å²) in [7, 11) is 0. The van der Waals surface area contributed by atoms with Gasteiger partial charge >= 0.3 is 0 Å². The molecule has 1 aromatic heterocycles. The Balaban J connectivity index is 2.01. The standard InChI is InChI=1S/C16H20N2O/c1-11-6-7-12(8-11)10-18-15(17)9-13-4-2-3-5-14(13)16(18)19/h2-5,9,11-12H,6-8,10,17H2,1H3. The Kier molecular flexibility index (Phi) is 3.05. The summed E-state index contributed by atoms with van der Waals surface area (Å²) in [6, 6.07) is 9.57. The van der Waals surface area contributed by atoms with Crippen LogP contribution in [0.2, 0.25) is 0 Å². The maximum atomic E-state index is 12.5. The van der Waals surface area contributed by atoms with Crippen LogP contribution in [0.25, 0.3) is 10.8 Å². The van der Waals surface area contributed by atoms with Gasteiger partial charge in [0.1, 0.15) is 5.82 Å². The second-order valence-corrected chi connectivity index (χ2v) is 5.86. The van der Waals surface area contributed by atoms with E-state index in [-0.39, 0.29) is 5.56 Å². The van der Waals surface area contributed by atoms with Crippen molar-refractivity contribution in [3.8, 4) is 0 Å². The number of hydrogen-bond donors (Lipinski definition) is 1. The molecular weight excluding hydrogens is 236 g/mol. The third kappa shape index (κ3) is 2.25. The Morgan fingerprint density at radius 1 is 1.32 bits per heavy atom. The van der Waals surface area contributed by atoms with Gasteiger partial charge in [0.25, 0.3) is 5.56 Å². The average Bonchev–Trinajstić information content (AvgIpc) is 2.80. The smallest absolute Gasteiger partial charge is 0.259 e. The van der Waals surface area contributed by atoms with E-state index in [1.54, 1.807) is 4.57 Å². The molecule has 1 aliphatic rings. The number of aromatic nitrogens is 1. The molecule has 0 bridgehead atoms. The second kappa shape index (κ2) is 4.72. The molecule has 1 aliphatic carbocycles. The monoisotopic (exact) mass is 256 g/mol. The van der Waals surface area contributed by atoms with Gasteiger partial charge < -0.3 is 5.73 Å². The van der Waals surface area contributed by atoms with Crippen LogP contribution >= 0.6 is 0 Å². The van der Waals surface area contributed by atoms with Crippen molar-refractivity contribution >= 4 is 16.6 Å². The minimum absolute atomic E-state index is 0.0511. The Morgan fingerprint density at radius 3 is 2.84 bits per heavy atom. The Hall–Kier alpha value is -1.77. The van der Waals surface area contributed by atoms with Gasteiger partial charge in [-0.15, -0.1) is 0 Å². The van der Waals surface area contributed by atoms with Crippen LogP contribution in [0.15, 0.2) is 35.1 Å². The predicted molar refractivity (Wildman–Crippen MR) is 79.1 cm³/mol. The maximum absolute atomic E-state index is 12.5. The van der Waals surface area contributed by atoms with Gasteiger partial charge in [-0.2, -0.15) is 0 Å². The van der Waals surface area contributed by atoms with Crippen LogP contribution in [0.3, 0.4) is 0 Å². The van der Waals surface area contributed by atoms with Gasteiger partial charge in [0.2, 0.25) is 0 Å². The number of pyridine rings is 1. The molecule has 0 saturated heterocycles. The molecule has 1 heterocycles. The molecule has 3 rings (SSSR count). The van der Waals surface area contributed by atoms with E-state index in [0.717, 1.165) is 23.2 Å². The lowest BCUT2D eigenvalue weighted by atomic mass is 10.1. The SMILES string of the molecule is CC1CCC(Cn2c(N)cc3ccccc3c2=O)C1. The number of benzene rings is 1. The molecule has 0 spiro atoms. The van der Waals surface area contributed by atoms with Crippen LogP contribution in [0.5, 0.6) is 0 Å². The normalized spacial score (nSPS) is 23.0. The lowest BCUT2D eigenvalue weighted by Gasteiger charge is -2.15. The molecule has 3 heteroatoms. The van der Waals surface area contributed by atoms with E-state index < -0.39 is 0 Å². The first-order chi connectivity index (χ1) is 9.15. The zero-order chi connectivity index (χ0) is 13.4. The first-order valence-corrected chi connectivity index (χ1v) is 7.03. The largest absolute Gasteiger partial charge is 0.385 e. The van der Waals surface area contributed by atoms with Crippen molar-refractivity contribution in [2.45, 2.75) is 32.7 Å². The fraction of sp³-hybridized carbons (Fsp3) is 0.438. The minimum Gasteiger partial charge on any atom is -0.385 e. The predicted octanol–water partition coefficient (Wildman–Crippen LogP) is 3.02. The molecule has 2 unspecified atom stereocenters. The van der Waals surface area contributed by atoms with Crippen molar-refractivity contribution < 1.29 is 0 Å². The van der Waals surface area contributed by atoms with Crippen molar-refractivity contribution in [1.82, 2.24) is 4.57 Å². The van der Waals surface area contributed by atoms with Crippen LogP contribution in [0.1, 0.15) is 26.2 Å². The quantitative estimate of drug-likeness (QED) is 0.897. The molecule has 0 radical (unpaired) electrons. The van der Waals surface area contributed by atoms with Crippen LogP contribution in [-0.2, 0) is 6.54 Å². The van der Waals surface area contributed by atoms with Gasteiger partial charge in [-0.25, -0.2) is 0 Å². The third-order valence-electron chi connectivity index (χ3n) is 4.30. The lowest BCUT2D eigenvalue weighted by Crippen LogP contribution is -2.25. The third-order valence-corrected chi connectivity index (χ3v) is 4.30. The number of hydrogen-bond acceptors (Lipinski definition) is 2. The first kappa shape index (κ1) is 12.3. The summed E-state index contributed by atoms with van der Waals surface area (Å²) in [5.41, 5.74) is 6.11. The van der Waals surface area contributed by atoms with Crippen molar-refractivity contribution in [1.29, 1.82) is 0 Å². The molecule has 2 N–H and O–H groups in total. The molecule has 100 valence electrons. The number of fused-ring (bicyclic) bond motifs is 1. The van der Waals surface area contributed by atoms with Crippen molar-refractivity contribution in [3.63, 3.8) is 0 Å². The Bertz CT molecular complexity index is 659. The van der Waals surface area contributed by atoms with Gasteiger partial charge in [0.05, 0.1) is 0 Å². The molecule has 1 aromatic carbocycles. The van der Waals surface area contributed by atoms with Gasteiger partial charge in [-0.05, 0) is 42.2 Å². The number of rotatable bonds is 2. The summed E-state index contributed by atoms with van der Waals surface area (Å²) < 4.78 is 1.76. The molecule has 0 amide bonds. The van der Waals surface area contributed by atoms with E-state index in [4.69, 9.17) is 5.73 Å². The van der Waals surface area contributed by atoms with Crippen molar-refractivity contribution in [2.75, 3.05) is 5.73 Å². The maximum Gasteiger partial charge on any atom is 0.259 e. The summed E-state index contributed by atoms with van der Waals surface area (Å²) in [4.78, 5) is 12.5. The zero-order valence-corrected chi connectivity index (χ0v) is 11.3. The number of nitrogens with zero attached hydrogens (tertiary/aromatic N) is 1. The van der Waals surface area contributed by atoms with Crippen LogP contribution in [0, 0.1) is 11.8 Å². The molecule has 19 heavy (non-hydrogen) atoms. The summed E-state index contributed by atoms with van der Waals surface area (Å²) in [6.07, 6.45) is 3.69. The van der Waals surface area contributed by atoms with Crippen LogP contribution in [-0.4, -0.2) is 4.57 Å². The average molecular weight is 256 g/mol. The van der Waals surface area contributed by atoms with Crippen molar-refractivity contribution in [2.24, 2.45) is 11.8 Å². The number of nitrogens with two attached hydrogens (primary N) is 1. The molecule has 2 aromatic rings. The van der Waals surface area contributed by atoms with E-state index in [1.165, 1.54) is 19.3 Å². The molecule has 1 saturated carbocycles. The van der Waals surface area contributed by atoms with E-state index in [0.29, 0.717) is 11.7 Å². The summed E-state index contributed by atoms with van der Waals surface area (Å²) in [6.45, 7) is 3.05. The molecule has 0 aliphatic heterocycles. The van der Waals surface area contributed by atoms with Crippen LogP contribution in [0.4, 0.5) is 5.82 Å². The highest BCUT2D eigenvalue weighted by Crippen LogP contribution is 2.31. The Morgan fingerprint density at radius 2 is 2.11 bits per heavy atom. The molecule has 1 fully saturated rings. The van der Waals surface area contributed by atoms with Gasteiger partial charge in [0, 0.05) is 11.9 Å². The van der Waals surface area contributed by atoms with Gasteiger partial charge in [0.15, 0.2) is 0 Å². The van der Waals surface area contributed by atoms with E-state index in [2.05, 4.69) is 6.92 Å². The Labute approximate surface area is 113 Å². The summed E-state index contributed by atoms with van der Waals surface area (Å²) >= 11 is 0. The summed E-state index contributed by atoms with van der Waals surface area (Å²) in [5.74, 6) is 1.96. The lowest BCUT2D eigenvalue weighted by molar-refractivity contribution is 0.438. The van der Waals surface area contributed by atoms with E-state index in [1.807, 2.05) is 30.3 Å². The summed E-state index contributed by atoms with van der Waals surface area (Å²) in [5, 5.41) is 1.70. The fourth-order valence-electron chi connectivity index (χ4n) is 3.25. The van der Waals surface area contributed by atoms with Gasteiger partial charge in [-0.1, -0.05) is 31.5 Å². The number of nitrogen functional groups attached to an aromatic ring is 1.